The molecule has 0 N–H and O–H groups in total. The molecule has 5 nitrogen and oxygen atoms in total. The Morgan fingerprint density at radius 2 is 1.95 bits per heavy atom. The summed E-state index contributed by atoms with van der Waals surface area (Å²) < 4.78 is 1.87. The van der Waals surface area contributed by atoms with Crippen molar-refractivity contribution in [3.8, 4) is 5.69 Å². The lowest BCUT2D eigenvalue weighted by molar-refractivity contribution is -0.167. The largest absolute Gasteiger partial charge is 0.275 e. The zero-order valence-electron chi connectivity index (χ0n) is 12.3. The highest BCUT2D eigenvalue weighted by Crippen LogP contribution is 2.18. The van der Waals surface area contributed by atoms with Crippen LogP contribution in [0.2, 0.25) is 0 Å². The molecule has 0 radical (unpaired) electrons. The fraction of sp³-hybridized carbons (Fsp3) is 0.333. The van der Waals surface area contributed by atoms with E-state index in [0.29, 0.717) is 0 Å². The summed E-state index contributed by atoms with van der Waals surface area (Å²) in [4.78, 5) is 16.9. The second kappa shape index (κ2) is 5.88. The van der Waals surface area contributed by atoms with E-state index in [0.717, 1.165) is 22.6 Å². The second-order valence-electron chi connectivity index (χ2n) is 4.65. The quantitative estimate of drug-likeness (QED) is 0.801. The van der Waals surface area contributed by atoms with E-state index in [4.69, 9.17) is 4.84 Å². The minimum absolute atomic E-state index is 0.0914. The van der Waals surface area contributed by atoms with E-state index < -0.39 is 0 Å². The van der Waals surface area contributed by atoms with Crippen LogP contribution in [0.5, 0.6) is 0 Å². The Labute approximate surface area is 118 Å². The van der Waals surface area contributed by atoms with Gasteiger partial charge in [-0.25, -0.2) is 9.75 Å². The summed E-state index contributed by atoms with van der Waals surface area (Å²) in [5, 5.41) is 5.76. The van der Waals surface area contributed by atoms with Crippen LogP contribution in [0.3, 0.4) is 0 Å². The lowest BCUT2D eigenvalue weighted by atomic mass is 10.1. The van der Waals surface area contributed by atoms with Crippen molar-refractivity contribution in [1.29, 1.82) is 0 Å². The minimum Gasteiger partial charge on any atom is -0.275 e. The number of aromatic nitrogens is 2. The van der Waals surface area contributed by atoms with E-state index >= 15 is 0 Å². The van der Waals surface area contributed by atoms with Gasteiger partial charge in [0.2, 0.25) is 5.91 Å². The Hall–Kier alpha value is -2.14. The van der Waals surface area contributed by atoms with Crippen LogP contribution in [0.1, 0.15) is 17.0 Å². The van der Waals surface area contributed by atoms with Crippen molar-refractivity contribution in [2.45, 2.75) is 20.3 Å². The van der Waals surface area contributed by atoms with Gasteiger partial charge in [0.15, 0.2) is 0 Å². The summed E-state index contributed by atoms with van der Waals surface area (Å²) in [6.07, 6.45) is 0.287. The molecule has 1 aromatic heterocycles. The van der Waals surface area contributed by atoms with Crippen molar-refractivity contribution >= 4 is 5.91 Å². The number of amides is 1. The number of rotatable bonds is 4. The summed E-state index contributed by atoms with van der Waals surface area (Å²) >= 11 is 0. The van der Waals surface area contributed by atoms with Crippen LogP contribution in [0.15, 0.2) is 30.3 Å². The van der Waals surface area contributed by atoms with Crippen LogP contribution in [0.25, 0.3) is 5.69 Å². The molecule has 1 aromatic carbocycles. The van der Waals surface area contributed by atoms with Crippen LogP contribution in [0.4, 0.5) is 0 Å². The third-order valence-corrected chi connectivity index (χ3v) is 3.40. The van der Waals surface area contributed by atoms with Gasteiger partial charge in [-0.05, 0) is 26.0 Å². The van der Waals surface area contributed by atoms with E-state index in [-0.39, 0.29) is 12.3 Å². The van der Waals surface area contributed by atoms with E-state index in [1.165, 1.54) is 12.2 Å². The molecule has 0 aliphatic rings. The highest BCUT2D eigenvalue weighted by atomic mass is 16.7. The number of hydroxylamine groups is 2. The molecule has 0 unspecified atom stereocenters. The summed E-state index contributed by atoms with van der Waals surface area (Å²) in [5.74, 6) is -0.0914. The molecule has 0 atom stereocenters. The number of carbonyl (C=O) groups is 1. The van der Waals surface area contributed by atoms with Gasteiger partial charge in [0.25, 0.3) is 0 Å². The average molecular weight is 273 g/mol. The van der Waals surface area contributed by atoms with Crippen LogP contribution >= 0.6 is 0 Å². The number of carbonyl (C=O) groups excluding carboxylic acids is 1. The normalized spacial score (nSPS) is 10.6. The van der Waals surface area contributed by atoms with Gasteiger partial charge in [-0.2, -0.15) is 5.10 Å². The fourth-order valence-corrected chi connectivity index (χ4v) is 2.12. The Bertz CT molecular complexity index is 605. The maximum Gasteiger partial charge on any atom is 0.250 e. The molecule has 0 spiro atoms. The molecule has 5 heteroatoms. The van der Waals surface area contributed by atoms with Gasteiger partial charge in [0, 0.05) is 18.3 Å². The molecule has 2 rings (SSSR count). The van der Waals surface area contributed by atoms with Crippen LogP contribution in [-0.4, -0.2) is 34.9 Å². The summed E-state index contributed by atoms with van der Waals surface area (Å²) in [6.45, 7) is 3.89. The first kappa shape index (κ1) is 14.3. The van der Waals surface area contributed by atoms with E-state index in [1.54, 1.807) is 7.05 Å². The maximum atomic E-state index is 12.0. The topological polar surface area (TPSA) is 47.4 Å². The molecule has 0 saturated carbocycles. The predicted octanol–water partition coefficient (Wildman–Crippen LogP) is 2.05. The molecule has 0 aliphatic heterocycles. The Morgan fingerprint density at radius 1 is 1.30 bits per heavy atom. The molecular formula is C15H19N3O2. The lowest BCUT2D eigenvalue weighted by Crippen LogP contribution is -2.27. The molecule has 0 fully saturated rings. The number of hydrogen-bond donors (Lipinski definition) is 0. The molecule has 1 heterocycles. The van der Waals surface area contributed by atoms with Gasteiger partial charge in [-0.15, -0.1) is 0 Å². The second-order valence-corrected chi connectivity index (χ2v) is 4.65. The predicted molar refractivity (Wildman–Crippen MR) is 76.5 cm³/mol. The van der Waals surface area contributed by atoms with E-state index in [2.05, 4.69) is 5.10 Å². The molecule has 0 aliphatic carbocycles. The smallest absolute Gasteiger partial charge is 0.250 e. The van der Waals surface area contributed by atoms with Gasteiger partial charge in [-0.3, -0.25) is 9.63 Å². The summed E-state index contributed by atoms with van der Waals surface area (Å²) in [5.41, 5.74) is 3.78. The van der Waals surface area contributed by atoms with Crippen molar-refractivity contribution in [2.75, 3.05) is 14.2 Å². The lowest BCUT2D eigenvalue weighted by Gasteiger charge is -2.13. The Balaban J connectivity index is 2.33. The van der Waals surface area contributed by atoms with Crippen molar-refractivity contribution in [3.05, 3.63) is 47.3 Å². The fourth-order valence-electron chi connectivity index (χ4n) is 2.12. The summed E-state index contributed by atoms with van der Waals surface area (Å²) in [7, 11) is 3.08. The first-order valence-electron chi connectivity index (χ1n) is 6.45. The van der Waals surface area contributed by atoms with Gasteiger partial charge in [-0.1, -0.05) is 18.2 Å². The molecule has 106 valence electrons. The monoisotopic (exact) mass is 273 g/mol. The third-order valence-electron chi connectivity index (χ3n) is 3.40. The third kappa shape index (κ3) is 2.72. The molecule has 0 saturated heterocycles. The number of para-hydroxylation sites is 1. The zero-order chi connectivity index (χ0) is 14.7. The van der Waals surface area contributed by atoms with Crippen LogP contribution in [-0.2, 0) is 16.1 Å². The Kier molecular flexibility index (Phi) is 4.20. The first-order chi connectivity index (χ1) is 9.54. The molecule has 0 bridgehead atoms. The molecule has 1 amide bonds. The molecule has 20 heavy (non-hydrogen) atoms. The number of aryl methyl sites for hydroxylation is 1. The standard InChI is InChI=1S/C15H19N3O2/c1-11-14(10-15(19)17(3)20-4)12(2)18(16-11)13-8-6-5-7-9-13/h5-9H,10H2,1-4H3. The number of benzene rings is 1. The Morgan fingerprint density at radius 3 is 2.55 bits per heavy atom. The number of hydrogen-bond acceptors (Lipinski definition) is 3. The SMILES string of the molecule is CON(C)C(=O)Cc1c(C)nn(-c2ccccc2)c1C. The molecule has 2 aromatic rings. The van der Waals surface area contributed by atoms with Gasteiger partial charge in [0.1, 0.15) is 0 Å². The van der Waals surface area contributed by atoms with Gasteiger partial charge < -0.3 is 0 Å². The maximum absolute atomic E-state index is 12.0. The summed E-state index contributed by atoms with van der Waals surface area (Å²) in [6, 6.07) is 9.89. The zero-order valence-corrected chi connectivity index (χ0v) is 12.3. The van der Waals surface area contributed by atoms with Crippen LogP contribution in [0, 0.1) is 13.8 Å². The van der Waals surface area contributed by atoms with Gasteiger partial charge in [0.05, 0.1) is 24.9 Å². The minimum atomic E-state index is -0.0914. The van der Waals surface area contributed by atoms with Crippen molar-refractivity contribution in [2.24, 2.45) is 0 Å². The van der Waals surface area contributed by atoms with E-state index in [9.17, 15) is 4.79 Å². The van der Waals surface area contributed by atoms with Crippen LogP contribution < -0.4 is 0 Å². The van der Waals surface area contributed by atoms with E-state index in [1.807, 2.05) is 48.9 Å². The molecular weight excluding hydrogens is 254 g/mol. The number of likely N-dealkylation sites (N-methyl/N-ethyl adjacent to an activating group) is 1. The number of nitrogens with zero attached hydrogens (tertiary/aromatic N) is 3. The first-order valence-corrected chi connectivity index (χ1v) is 6.45. The average Bonchev–Trinajstić information content (AvgIpc) is 2.75. The van der Waals surface area contributed by atoms with Crippen molar-refractivity contribution < 1.29 is 9.63 Å². The highest BCUT2D eigenvalue weighted by Gasteiger charge is 2.17. The van der Waals surface area contributed by atoms with Gasteiger partial charge >= 0.3 is 0 Å². The van der Waals surface area contributed by atoms with Crippen molar-refractivity contribution in [1.82, 2.24) is 14.8 Å². The highest BCUT2D eigenvalue weighted by molar-refractivity contribution is 5.78. The van der Waals surface area contributed by atoms with Crippen molar-refractivity contribution in [3.63, 3.8) is 0 Å².